The fourth-order valence-electron chi connectivity index (χ4n) is 3.15. The van der Waals surface area contributed by atoms with Gasteiger partial charge in [0.2, 0.25) is 0 Å². The van der Waals surface area contributed by atoms with E-state index in [0.29, 0.717) is 5.92 Å². The average molecular weight is 267 g/mol. The molecule has 1 fully saturated rings. The molecule has 0 amide bonds. The van der Waals surface area contributed by atoms with Crippen LogP contribution in [0.25, 0.3) is 0 Å². The molecule has 3 heteroatoms. The van der Waals surface area contributed by atoms with Gasteiger partial charge in [0.05, 0.1) is 0 Å². The highest BCUT2D eigenvalue weighted by Gasteiger charge is 2.40. The molecule has 2 N–H and O–H groups in total. The van der Waals surface area contributed by atoms with E-state index in [9.17, 15) is 0 Å². The minimum atomic E-state index is 0.162. The van der Waals surface area contributed by atoms with E-state index in [1.807, 2.05) is 6.07 Å². The van der Waals surface area contributed by atoms with Crippen LogP contribution in [0, 0.1) is 12.8 Å². The Morgan fingerprint density at radius 2 is 2.17 bits per heavy atom. The Morgan fingerprint density at radius 1 is 1.44 bits per heavy atom. The van der Waals surface area contributed by atoms with Crippen LogP contribution in [0.2, 0.25) is 5.02 Å². The van der Waals surface area contributed by atoms with Gasteiger partial charge < -0.3 is 10.6 Å². The molecule has 0 aromatic heterocycles. The molecule has 1 heterocycles. The summed E-state index contributed by atoms with van der Waals surface area (Å²) in [6.45, 7) is 8.66. The van der Waals surface area contributed by atoms with Crippen LogP contribution in [-0.4, -0.2) is 18.6 Å². The van der Waals surface area contributed by atoms with Gasteiger partial charge in [-0.05, 0) is 63.8 Å². The number of rotatable bonds is 3. The maximum atomic E-state index is 6.14. The second-order valence-corrected chi connectivity index (χ2v) is 6.24. The van der Waals surface area contributed by atoms with Gasteiger partial charge in [-0.3, -0.25) is 0 Å². The normalized spacial score (nSPS) is 22.5. The van der Waals surface area contributed by atoms with Crippen LogP contribution in [0.1, 0.15) is 32.3 Å². The minimum Gasteiger partial charge on any atom is -0.366 e. The molecule has 1 saturated heterocycles. The van der Waals surface area contributed by atoms with Crippen molar-refractivity contribution in [1.82, 2.24) is 0 Å². The molecular formula is C15H23ClN2. The Hall–Kier alpha value is -0.730. The van der Waals surface area contributed by atoms with Gasteiger partial charge in [-0.2, -0.15) is 0 Å². The van der Waals surface area contributed by atoms with Crippen LogP contribution >= 0.6 is 11.6 Å². The van der Waals surface area contributed by atoms with Crippen molar-refractivity contribution >= 4 is 17.3 Å². The molecule has 1 aliphatic rings. The number of halogens is 1. The van der Waals surface area contributed by atoms with Gasteiger partial charge in [-0.1, -0.05) is 17.7 Å². The summed E-state index contributed by atoms with van der Waals surface area (Å²) >= 11 is 6.14. The summed E-state index contributed by atoms with van der Waals surface area (Å²) in [5.41, 5.74) is 8.45. The van der Waals surface area contributed by atoms with Crippen LogP contribution in [0.15, 0.2) is 18.2 Å². The molecule has 0 saturated carbocycles. The highest BCUT2D eigenvalue weighted by molar-refractivity contribution is 6.30. The highest BCUT2D eigenvalue weighted by Crippen LogP contribution is 2.41. The first-order chi connectivity index (χ1) is 8.46. The van der Waals surface area contributed by atoms with Gasteiger partial charge in [0.15, 0.2) is 0 Å². The maximum absolute atomic E-state index is 6.14. The Kier molecular flexibility index (Phi) is 3.88. The van der Waals surface area contributed by atoms with Gasteiger partial charge in [-0.25, -0.2) is 0 Å². The molecule has 2 rings (SSSR count). The third-order valence-electron chi connectivity index (χ3n) is 4.37. The van der Waals surface area contributed by atoms with Crippen LogP contribution in [0.4, 0.5) is 5.69 Å². The first kappa shape index (κ1) is 13.7. The molecule has 1 atom stereocenters. The van der Waals surface area contributed by atoms with E-state index in [4.69, 9.17) is 17.3 Å². The zero-order valence-corrected chi connectivity index (χ0v) is 12.3. The number of hydrogen-bond acceptors (Lipinski definition) is 2. The predicted octanol–water partition coefficient (Wildman–Crippen LogP) is 3.60. The number of nitrogens with two attached hydrogens (primary N) is 1. The largest absolute Gasteiger partial charge is 0.366 e. The predicted molar refractivity (Wildman–Crippen MR) is 79.4 cm³/mol. The summed E-state index contributed by atoms with van der Waals surface area (Å²) in [6.07, 6.45) is 2.32. The van der Waals surface area contributed by atoms with Gasteiger partial charge >= 0.3 is 0 Å². The lowest BCUT2D eigenvalue weighted by molar-refractivity contribution is 0.348. The molecular weight excluding hydrogens is 244 g/mol. The maximum Gasteiger partial charge on any atom is 0.0426 e. The number of nitrogens with zero attached hydrogens (tertiary/aromatic N) is 1. The molecule has 0 spiro atoms. The van der Waals surface area contributed by atoms with Crippen molar-refractivity contribution < 1.29 is 0 Å². The summed E-state index contributed by atoms with van der Waals surface area (Å²) in [4.78, 5) is 2.49. The molecule has 0 bridgehead atoms. The summed E-state index contributed by atoms with van der Waals surface area (Å²) in [7, 11) is 0. The number of benzene rings is 1. The summed E-state index contributed by atoms with van der Waals surface area (Å²) in [5.74, 6) is 0.667. The Balaban J connectivity index is 2.31. The van der Waals surface area contributed by atoms with E-state index in [0.717, 1.165) is 24.5 Å². The van der Waals surface area contributed by atoms with E-state index in [1.54, 1.807) is 0 Å². The number of aryl methyl sites for hydroxylation is 1. The zero-order chi connectivity index (χ0) is 13.3. The first-order valence-electron chi connectivity index (χ1n) is 6.70. The zero-order valence-electron chi connectivity index (χ0n) is 11.5. The lowest BCUT2D eigenvalue weighted by Crippen LogP contribution is -2.43. The van der Waals surface area contributed by atoms with Crippen molar-refractivity contribution in [3.63, 3.8) is 0 Å². The average Bonchev–Trinajstić information content (AvgIpc) is 2.59. The molecule has 1 unspecified atom stereocenters. The van der Waals surface area contributed by atoms with E-state index < -0.39 is 0 Å². The fraction of sp³-hybridized carbons (Fsp3) is 0.600. The van der Waals surface area contributed by atoms with Crippen LogP contribution in [-0.2, 0) is 0 Å². The van der Waals surface area contributed by atoms with Crippen molar-refractivity contribution in [2.24, 2.45) is 11.7 Å². The van der Waals surface area contributed by atoms with Crippen LogP contribution < -0.4 is 10.6 Å². The standard InChI is InChI=1S/C15H23ClN2/c1-11-4-5-13(16)10-14(11)18-9-7-12(6-8-17)15(18,2)3/h4-5,10,12H,6-9,17H2,1-3H3. The molecule has 1 aromatic carbocycles. The lowest BCUT2D eigenvalue weighted by Gasteiger charge is -2.38. The number of anilines is 1. The second kappa shape index (κ2) is 5.10. The van der Waals surface area contributed by atoms with Crippen molar-refractivity contribution in [1.29, 1.82) is 0 Å². The van der Waals surface area contributed by atoms with Crippen molar-refractivity contribution in [3.05, 3.63) is 28.8 Å². The smallest absolute Gasteiger partial charge is 0.0426 e. The van der Waals surface area contributed by atoms with Gasteiger partial charge in [0, 0.05) is 22.8 Å². The van der Waals surface area contributed by atoms with Crippen molar-refractivity contribution in [2.45, 2.75) is 39.2 Å². The topological polar surface area (TPSA) is 29.3 Å². The molecule has 0 aliphatic carbocycles. The van der Waals surface area contributed by atoms with E-state index in [2.05, 4.69) is 37.8 Å². The SMILES string of the molecule is Cc1ccc(Cl)cc1N1CCC(CCN)C1(C)C. The molecule has 1 aliphatic heterocycles. The molecule has 1 aromatic rings. The first-order valence-corrected chi connectivity index (χ1v) is 7.08. The van der Waals surface area contributed by atoms with Gasteiger partial charge in [0.25, 0.3) is 0 Å². The van der Waals surface area contributed by atoms with E-state index in [-0.39, 0.29) is 5.54 Å². The van der Waals surface area contributed by atoms with Crippen LogP contribution in [0.3, 0.4) is 0 Å². The Bertz CT molecular complexity index is 429. The quantitative estimate of drug-likeness (QED) is 0.906. The van der Waals surface area contributed by atoms with E-state index >= 15 is 0 Å². The fourth-order valence-corrected chi connectivity index (χ4v) is 3.32. The monoisotopic (exact) mass is 266 g/mol. The molecule has 0 radical (unpaired) electrons. The summed E-state index contributed by atoms with van der Waals surface area (Å²) in [6, 6.07) is 6.15. The summed E-state index contributed by atoms with van der Waals surface area (Å²) in [5, 5.41) is 0.814. The Morgan fingerprint density at radius 3 is 2.83 bits per heavy atom. The lowest BCUT2D eigenvalue weighted by atomic mass is 9.85. The number of hydrogen-bond donors (Lipinski definition) is 1. The molecule has 100 valence electrons. The molecule has 18 heavy (non-hydrogen) atoms. The van der Waals surface area contributed by atoms with Crippen LogP contribution in [0.5, 0.6) is 0 Å². The minimum absolute atomic E-state index is 0.162. The van der Waals surface area contributed by atoms with E-state index in [1.165, 1.54) is 17.7 Å². The van der Waals surface area contributed by atoms with Gasteiger partial charge in [-0.15, -0.1) is 0 Å². The second-order valence-electron chi connectivity index (χ2n) is 5.80. The third-order valence-corrected chi connectivity index (χ3v) is 4.61. The summed E-state index contributed by atoms with van der Waals surface area (Å²) < 4.78 is 0. The van der Waals surface area contributed by atoms with Crippen molar-refractivity contribution in [3.8, 4) is 0 Å². The van der Waals surface area contributed by atoms with Gasteiger partial charge in [0.1, 0.15) is 0 Å². The Labute approximate surface area is 115 Å². The van der Waals surface area contributed by atoms with Crippen molar-refractivity contribution in [2.75, 3.05) is 18.0 Å². The third kappa shape index (κ3) is 2.36. The molecule has 2 nitrogen and oxygen atoms in total. The highest BCUT2D eigenvalue weighted by atomic mass is 35.5.